The molecule has 4 heteroatoms. The van der Waals surface area contributed by atoms with Crippen LogP contribution in [0.4, 0.5) is 0 Å². The lowest BCUT2D eigenvalue weighted by molar-refractivity contribution is -0.139. The van der Waals surface area contributed by atoms with Crippen molar-refractivity contribution in [1.82, 2.24) is 9.97 Å². The summed E-state index contributed by atoms with van der Waals surface area (Å²) < 4.78 is 4.63. The summed E-state index contributed by atoms with van der Waals surface area (Å²) in [5.74, 6) is 0.342. The smallest absolute Gasteiger partial charge is 0.313 e. The molecule has 0 radical (unpaired) electrons. The highest BCUT2D eigenvalue weighted by molar-refractivity contribution is 5.72. The van der Waals surface area contributed by atoms with Gasteiger partial charge in [0, 0.05) is 11.3 Å². The number of carbonyl (C=O) groups is 1. The van der Waals surface area contributed by atoms with E-state index in [1.165, 1.54) is 12.7 Å². The normalized spacial score (nSPS) is 10.4. The molecule has 94 valence electrons. The van der Waals surface area contributed by atoms with Crippen LogP contribution < -0.4 is 0 Å². The highest BCUT2D eigenvalue weighted by Crippen LogP contribution is 2.21. The van der Waals surface area contributed by atoms with Crippen LogP contribution in [0.5, 0.6) is 0 Å². The third-order valence-corrected chi connectivity index (χ3v) is 2.80. The molecule has 2 rings (SSSR count). The van der Waals surface area contributed by atoms with Gasteiger partial charge < -0.3 is 9.72 Å². The van der Waals surface area contributed by atoms with Gasteiger partial charge in [0.25, 0.3) is 0 Å². The first-order valence-corrected chi connectivity index (χ1v) is 5.79. The Bertz CT molecular complexity index is 556. The molecule has 0 saturated heterocycles. The first-order chi connectivity index (χ1) is 8.60. The Balaban J connectivity index is 2.29. The van der Waals surface area contributed by atoms with Crippen LogP contribution in [0.1, 0.15) is 17.1 Å². The first kappa shape index (κ1) is 12.4. The molecule has 18 heavy (non-hydrogen) atoms. The molecule has 1 aromatic carbocycles. The number of benzene rings is 1. The van der Waals surface area contributed by atoms with Gasteiger partial charge in [-0.2, -0.15) is 0 Å². The van der Waals surface area contributed by atoms with Crippen LogP contribution in [0.3, 0.4) is 0 Å². The van der Waals surface area contributed by atoms with Crippen LogP contribution in [-0.2, 0) is 16.0 Å². The number of ether oxygens (including phenoxy) is 1. The highest BCUT2D eigenvalue weighted by atomic mass is 16.5. The zero-order chi connectivity index (χ0) is 13.1. The minimum Gasteiger partial charge on any atom is -0.469 e. The maximum atomic E-state index is 11.2. The maximum Gasteiger partial charge on any atom is 0.313 e. The molecule has 0 unspecified atom stereocenters. The van der Waals surface area contributed by atoms with Gasteiger partial charge in [0.05, 0.1) is 12.8 Å². The van der Waals surface area contributed by atoms with E-state index in [1.54, 1.807) is 0 Å². The van der Waals surface area contributed by atoms with Gasteiger partial charge in [0.15, 0.2) is 0 Å². The second-order valence-electron chi connectivity index (χ2n) is 4.28. The second kappa shape index (κ2) is 5.04. The van der Waals surface area contributed by atoms with Gasteiger partial charge in [0.1, 0.15) is 12.2 Å². The molecule has 0 aliphatic rings. The molecule has 4 nitrogen and oxygen atoms in total. The minimum absolute atomic E-state index is 0.170. The number of esters is 1. The van der Waals surface area contributed by atoms with Crippen molar-refractivity contribution in [2.45, 2.75) is 20.3 Å². The average molecular weight is 244 g/mol. The van der Waals surface area contributed by atoms with Crippen molar-refractivity contribution < 1.29 is 9.53 Å². The summed E-state index contributed by atoms with van der Waals surface area (Å²) >= 11 is 0. The Morgan fingerprint density at radius 2 is 1.94 bits per heavy atom. The molecular formula is C14H16N2O2. The Hall–Kier alpha value is -2.10. The standard InChI is InChI=1S/C14H16N2O2/c1-9-4-6-11(7-5-9)14-10(2)15-12(16-14)8-13(17)18-3/h4-7H,8H2,1-3H3,(H,15,16). The van der Waals surface area contributed by atoms with Crippen LogP contribution in [0.15, 0.2) is 24.3 Å². The third kappa shape index (κ3) is 2.59. The summed E-state index contributed by atoms with van der Waals surface area (Å²) in [4.78, 5) is 18.8. The lowest BCUT2D eigenvalue weighted by Crippen LogP contribution is -2.05. The monoisotopic (exact) mass is 244 g/mol. The molecule has 0 saturated carbocycles. The summed E-state index contributed by atoms with van der Waals surface area (Å²) in [5.41, 5.74) is 4.10. The van der Waals surface area contributed by atoms with Gasteiger partial charge in [0.2, 0.25) is 0 Å². The number of imidazole rings is 1. The molecule has 1 heterocycles. The molecule has 0 fully saturated rings. The van der Waals surface area contributed by atoms with Crippen molar-refractivity contribution in [1.29, 1.82) is 0 Å². The van der Waals surface area contributed by atoms with Gasteiger partial charge in [-0.1, -0.05) is 29.8 Å². The Kier molecular flexibility index (Phi) is 3.46. The van der Waals surface area contributed by atoms with E-state index in [9.17, 15) is 4.79 Å². The van der Waals surface area contributed by atoms with Crippen LogP contribution in [-0.4, -0.2) is 23.0 Å². The maximum absolute atomic E-state index is 11.2. The number of methoxy groups -OCH3 is 1. The van der Waals surface area contributed by atoms with Crippen molar-refractivity contribution in [3.05, 3.63) is 41.3 Å². The van der Waals surface area contributed by atoms with Gasteiger partial charge in [-0.05, 0) is 13.8 Å². The fraction of sp³-hybridized carbons (Fsp3) is 0.286. The molecule has 0 atom stereocenters. The van der Waals surface area contributed by atoms with Crippen molar-refractivity contribution in [2.24, 2.45) is 0 Å². The number of aromatic nitrogens is 2. The highest BCUT2D eigenvalue weighted by Gasteiger charge is 2.11. The van der Waals surface area contributed by atoms with E-state index in [4.69, 9.17) is 0 Å². The van der Waals surface area contributed by atoms with E-state index in [-0.39, 0.29) is 12.4 Å². The number of hydrogen-bond acceptors (Lipinski definition) is 3. The number of hydrogen-bond donors (Lipinski definition) is 1. The predicted octanol–water partition coefficient (Wildman–Crippen LogP) is 2.41. The van der Waals surface area contributed by atoms with E-state index < -0.39 is 0 Å². The van der Waals surface area contributed by atoms with Crippen molar-refractivity contribution in [3.8, 4) is 11.3 Å². The lowest BCUT2D eigenvalue weighted by atomic mass is 10.1. The van der Waals surface area contributed by atoms with Crippen LogP contribution >= 0.6 is 0 Å². The van der Waals surface area contributed by atoms with E-state index in [0.717, 1.165) is 17.0 Å². The predicted molar refractivity (Wildman–Crippen MR) is 69.2 cm³/mol. The quantitative estimate of drug-likeness (QED) is 0.843. The molecule has 1 N–H and O–H groups in total. The fourth-order valence-corrected chi connectivity index (χ4v) is 1.81. The summed E-state index contributed by atoms with van der Waals surface area (Å²) in [5, 5.41) is 0. The summed E-state index contributed by atoms with van der Waals surface area (Å²) in [6.07, 6.45) is 0.170. The van der Waals surface area contributed by atoms with Crippen molar-refractivity contribution in [2.75, 3.05) is 7.11 Å². The van der Waals surface area contributed by atoms with Gasteiger partial charge >= 0.3 is 5.97 Å². The number of rotatable bonds is 3. The van der Waals surface area contributed by atoms with Crippen LogP contribution in [0.25, 0.3) is 11.3 Å². The molecular weight excluding hydrogens is 228 g/mol. The second-order valence-corrected chi connectivity index (χ2v) is 4.28. The number of aryl methyl sites for hydroxylation is 2. The number of aromatic amines is 1. The van der Waals surface area contributed by atoms with Gasteiger partial charge in [-0.3, -0.25) is 4.79 Å². The number of H-pyrrole nitrogens is 1. The topological polar surface area (TPSA) is 55.0 Å². The van der Waals surface area contributed by atoms with Gasteiger partial charge in [-0.25, -0.2) is 4.98 Å². The summed E-state index contributed by atoms with van der Waals surface area (Å²) in [6.45, 7) is 3.99. The first-order valence-electron chi connectivity index (χ1n) is 5.79. The number of nitrogens with zero attached hydrogens (tertiary/aromatic N) is 1. The molecule has 0 bridgehead atoms. The average Bonchev–Trinajstić information content (AvgIpc) is 2.71. The van der Waals surface area contributed by atoms with Gasteiger partial charge in [-0.15, -0.1) is 0 Å². The fourth-order valence-electron chi connectivity index (χ4n) is 1.81. The molecule has 0 amide bonds. The van der Waals surface area contributed by atoms with Crippen molar-refractivity contribution >= 4 is 5.97 Å². The number of nitrogens with one attached hydrogen (secondary N) is 1. The summed E-state index contributed by atoms with van der Waals surface area (Å²) in [6, 6.07) is 8.15. The zero-order valence-electron chi connectivity index (χ0n) is 10.8. The molecule has 0 aliphatic heterocycles. The van der Waals surface area contributed by atoms with E-state index in [0.29, 0.717) is 5.82 Å². The lowest BCUT2D eigenvalue weighted by Gasteiger charge is -1.99. The van der Waals surface area contributed by atoms with Crippen LogP contribution in [0.2, 0.25) is 0 Å². The van der Waals surface area contributed by atoms with Crippen LogP contribution in [0, 0.1) is 13.8 Å². The number of carbonyl (C=O) groups excluding carboxylic acids is 1. The molecule has 0 spiro atoms. The van der Waals surface area contributed by atoms with Crippen molar-refractivity contribution in [3.63, 3.8) is 0 Å². The summed E-state index contributed by atoms with van der Waals surface area (Å²) in [7, 11) is 1.37. The molecule has 1 aromatic heterocycles. The Morgan fingerprint density at radius 3 is 2.56 bits per heavy atom. The largest absolute Gasteiger partial charge is 0.469 e. The zero-order valence-corrected chi connectivity index (χ0v) is 10.8. The molecule has 2 aromatic rings. The Labute approximate surface area is 106 Å². The molecule has 0 aliphatic carbocycles. The third-order valence-electron chi connectivity index (χ3n) is 2.80. The Morgan fingerprint density at radius 1 is 1.28 bits per heavy atom. The minimum atomic E-state index is -0.292. The van der Waals surface area contributed by atoms with E-state index >= 15 is 0 Å². The van der Waals surface area contributed by atoms with E-state index in [2.05, 4.69) is 14.7 Å². The SMILES string of the molecule is COC(=O)Cc1nc(-c2ccc(C)cc2)c(C)[nH]1. The van der Waals surface area contributed by atoms with E-state index in [1.807, 2.05) is 38.1 Å².